The van der Waals surface area contributed by atoms with Gasteiger partial charge in [0.2, 0.25) is 0 Å². The Morgan fingerprint density at radius 2 is 1.14 bits per heavy atom. The van der Waals surface area contributed by atoms with Gasteiger partial charge in [-0.05, 0) is 0 Å². The monoisotopic (exact) mass is 299 g/mol. The summed E-state index contributed by atoms with van der Waals surface area (Å²) in [5, 5.41) is 0. The van der Waals surface area contributed by atoms with Gasteiger partial charge in [0, 0.05) is 0 Å². The Morgan fingerprint density at radius 1 is 0.786 bits per heavy atom. The molecule has 0 atom stereocenters. The third-order valence-electron chi connectivity index (χ3n) is 2.70. The van der Waals surface area contributed by atoms with E-state index >= 15 is 0 Å². The number of rotatable bonds is 1. The molecule has 0 saturated heterocycles. The molecular formula is C13H23Sn. The average Bonchev–Trinajstić information content (AvgIpc) is 2.31. The molecule has 0 aliphatic heterocycles. The number of allylic oxidation sites excluding steroid dienone is 4. The first-order valence-corrected chi connectivity index (χ1v) is 9.96. The predicted octanol–water partition coefficient (Wildman–Crippen LogP) is 4.58. The van der Waals surface area contributed by atoms with Gasteiger partial charge < -0.3 is 0 Å². The first-order valence-electron chi connectivity index (χ1n) is 5.46. The van der Waals surface area contributed by atoms with Crippen LogP contribution < -0.4 is 0 Å². The maximum atomic E-state index is 2.44. The minimum absolute atomic E-state index is 0.560. The molecule has 0 bridgehead atoms. The fourth-order valence-electron chi connectivity index (χ4n) is 2.75. The maximum absolute atomic E-state index is 2.44. The number of hydrogen-bond donors (Lipinski definition) is 0. The summed E-state index contributed by atoms with van der Waals surface area (Å²) >= 11 is -1.48. The molecule has 0 nitrogen and oxygen atoms in total. The Morgan fingerprint density at radius 3 is 1.43 bits per heavy atom. The molecule has 0 aromatic heterocycles. The molecule has 0 fully saturated rings. The topological polar surface area (TPSA) is 0 Å². The van der Waals surface area contributed by atoms with Crippen LogP contribution in [0.25, 0.3) is 0 Å². The van der Waals surface area contributed by atoms with Crippen molar-refractivity contribution in [2.24, 2.45) is 0 Å². The second-order valence-corrected chi connectivity index (χ2v) is 19.0. The van der Waals surface area contributed by atoms with E-state index in [1.54, 1.807) is 0 Å². The Balaban J connectivity index is 2.94. The average molecular weight is 298 g/mol. The molecular weight excluding hydrogens is 275 g/mol. The molecule has 1 aliphatic carbocycles. The third-order valence-corrected chi connectivity index (χ3v) is 14.9. The summed E-state index contributed by atoms with van der Waals surface area (Å²) < 4.78 is 1.94. The van der Waals surface area contributed by atoms with E-state index in [4.69, 9.17) is 0 Å². The van der Waals surface area contributed by atoms with Crippen LogP contribution in [0.4, 0.5) is 0 Å². The second-order valence-electron chi connectivity index (χ2n) is 6.21. The molecule has 1 heteroatoms. The van der Waals surface area contributed by atoms with E-state index in [0.717, 1.165) is 3.93 Å². The molecule has 0 aromatic carbocycles. The Kier molecular flexibility index (Phi) is 3.56. The van der Waals surface area contributed by atoms with Gasteiger partial charge in [-0.1, -0.05) is 0 Å². The SMILES string of the molecule is C[C](C)(C)[Sn]([CH]1C=CC=C1)[C](C)(C)C. The molecule has 0 N–H and O–H groups in total. The zero-order chi connectivity index (χ0) is 11.0. The van der Waals surface area contributed by atoms with Crippen molar-refractivity contribution in [3.05, 3.63) is 24.3 Å². The molecule has 1 rings (SSSR count). The molecule has 0 unspecified atom stereocenters. The van der Waals surface area contributed by atoms with Crippen LogP contribution in [-0.2, 0) is 0 Å². The van der Waals surface area contributed by atoms with Crippen LogP contribution in [0.2, 0.25) is 10.8 Å². The Labute approximate surface area is 96.2 Å². The predicted molar refractivity (Wildman–Crippen MR) is 67.2 cm³/mol. The van der Waals surface area contributed by atoms with Crippen molar-refractivity contribution in [1.29, 1.82) is 0 Å². The van der Waals surface area contributed by atoms with Gasteiger partial charge in [-0.25, -0.2) is 0 Å². The van der Waals surface area contributed by atoms with E-state index < -0.39 is 19.8 Å². The second kappa shape index (κ2) is 4.03. The standard InChI is InChI=1S/C5H5.2C4H9.Sn/c1-2-4-5-3-1;2*1-4(2)3;/h1-5H;2*1-3H3;. The van der Waals surface area contributed by atoms with Crippen molar-refractivity contribution < 1.29 is 0 Å². The van der Waals surface area contributed by atoms with Crippen LogP contribution in [0.5, 0.6) is 0 Å². The summed E-state index contributed by atoms with van der Waals surface area (Å²) in [6.07, 6.45) is 9.29. The molecule has 0 spiro atoms. The summed E-state index contributed by atoms with van der Waals surface area (Å²) in [6, 6.07) is 0. The molecule has 0 amide bonds. The van der Waals surface area contributed by atoms with Crippen molar-refractivity contribution >= 4 is 19.8 Å². The normalized spacial score (nSPS) is 18.5. The van der Waals surface area contributed by atoms with Gasteiger partial charge >= 0.3 is 96.4 Å². The molecule has 0 heterocycles. The Bertz CT molecular complexity index is 221. The van der Waals surface area contributed by atoms with Crippen LogP contribution in [0.15, 0.2) is 24.3 Å². The first kappa shape index (κ1) is 12.3. The third kappa shape index (κ3) is 2.88. The van der Waals surface area contributed by atoms with E-state index in [9.17, 15) is 0 Å². The van der Waals surface area contributed by atoms with Crippen molar-refractivity contribution in [2.45, 2.75) is 52.3 Å². The van der Waals surface area contributed by atoms with Gasteiger partial charge in [0.15, 0.2) is 0 Å². The summed E-state index contributed by atoms with van der Waals surface area (Å²) in [6.45, 7) is 14.6. The van der Waals surface area contributed by atoms with Crippen molar-refractivity contribution in [3.8, 4) is 0 Å². The van der Waals surface area contributed by atoms with Crippen LogP contribution in [0, 0.1) is 0 Å². The minimum atomic E-state index is -1.48. The van der Waals surface area contributed by atoms with Crippen molar-refractivity contribution in [2.75, 3.05) is 0 Å². The zero-order valence-corrected chi connectivity index (χ0v) is 13.2. The molecule has 1 aliphatic rings. The van der Waals surface area contributed by atoms with Gasteiger partial charge in [-0.15, -0.1) is 0 Å². The van der Waals surface area contributed by atoms with Crippen LogP contribution in [0.1, 0.15) is 41.5 Å². The zero-order valence-electron chi connectivity index (χ0n) is 10.4. The molecule has 14 heavy (non-hydrogen) atoms. The van der Waals surface area contributed by atoms with Crippen molar-refractivity contribution in [1.82, 2.24) is 0 Å². The fraction of sp³-hybridized carbons (Fsp3) is 0.692. The van der Waals surface area contributed by atoms with E-state index in [-0.39, 0.29) is 0 Å². The van der Waals surface area contributed by atoms with Gasteiger partial charge in [0.05, 0.1) is 0 Å². The fourth-order valence-corrected chi connectivity index (χ4v) is 16.6. The van der Waals surface area contributed by atoms with Crippen LogP contribution in [0.3, 0.4) is 0 Å². The molecule has 79 valence electrons. The van der Waals surface area contributed by atoms with Gasteiger partial charge in [0.25, 0.3) is 0 Å². The summed E-state index contributed by atoms with van der Waals surface area (Å²) in [7, 11) is 0. The quantitative estimate of drug-likeness (QED) is 0.622. The van der Waals surface area contributed by atoms with Crippen LogP contribution in [-0.4, -0.2) is 19.8 Å². The van der Waals surface area contributed by atoms with E-state index in [1.807, 2.05) is 0 Å². The first-order chi connectivity index (χ1) is 6.23. The van der Waals surface area contributed by atoms with Crippen LogP contribution >= 0.6 is 0 Å². The number of hydrogen-bond acceptors (Lipinski definition) is 0. The molecule has 0 saturated carbocycles. The summed E-state index contributed by atoms with van der Waals surface area (Å²) in [5.41, 5.74) is 0. The Hall–Kier alpha value is 0.279. The molecule has 1 radical (unpaired) electrons. The molecule has 0 aromatic rings. The van der Waals surface area contributed by atoms with Crippen molar-refractivity contribution in [3.63, 3.8) is 0 Å². The van der Waals surface area contributed by atoms with E-state index in [0.29, 0.717) is 6.86 Å². The van der Waals surface area contributed by atoms with E-state index in [2.05, 4.69) is 65.8 Å². The summed E-state index contributed by atoms with van der Waals surface area (Å²) in [5.74, 6) is 0. The van der Waals surface area contributed by atoms with Gasteiger partial charge in [-0.2, -0.15) is 0 Å². The van der Waals surface area contributed by atoms with Gasteiger partial charge in [0.1, 0.15) is 0 Å². The van der Waals surface area contributed by atoms with E-state index in [1.165, 1.54) is 0 Å². The summed E-state index contributed by atoms with van der Waals surface area (Å²) in [4.78, 5) is 0. The van der Waals surface area contributed by atoms with Gasteiger partial charge in [-0.3, -0.25) is 0 Å².